The van der Waals surface area contributed by atoms with Gasteiger partial charge in [0.05, 0.1) is 12.7 Å². The lowest BCUT2D eigenvalue weighted by atomic mass is 10.6. The Labute approximate surface area is 62.3 Å². The first-order valence-corrected chi connectivity index (χ1v) is 3.15. The third kappa shape index (κ3) is 0.947. The van der Waals surface area contributed by atoms with Gasteiger partial charge in [-0.1, -0.05) is 0 Å². The van der Waals surface area contributed by atoms with E-state index in [9.17, 15) is 0 Å². The molecule has 2 heterocycles. The van der Waals surface area contributed by atoms with Crippen molar-refractivity contribution in [3.8, 4) is 0 Å². The van der Waals surface area contributed by atoms with Crippen LogP contribution in [0.25, 0.3) is 11.2 Å². The maximum absolute atomic E-state index is 5.31. The first-order chi connectivity index (χ1) is 5.40. The highest BCUT2D eigenvalue weighted by Gasteiger charge is 2.02. The average molecular weight is 150 g/mol. The van der Waals surface area contributed by atoms with Crippen LogP contribution in [0.2, 0.25) is 0 Å². The molecule has 11 heavy (non-hydrogen) atoms. The summed E-state index contributed by atoms with van der Waals surface area (Å²) in [7, 11) is 0. The Bertz CT molecular complexity index is 336. The molecule has 0 aliphatic carbocycles. The van der Waals surface area contributed by atoms with Gasteiger partial charge in [0.25, 0.3) is 0 Å². The first kappa shape index (κ1) is 6.23. The quantitative estimate of drug-likeness (QED) is 0.622. The monoisotopic (exact) mass is 150 g/mol. The third-order valence-corrected chi connectivity index (χ3v) is 1.29. The number of oxazole rings is 1. The average Bonchev–Trinajstić information content (AvgIpc) is 2.46. The van der Waals surface area contributed by atoms with E-state index in [1.54, 1.807) is 6.20 Å². The predicted molar refractivity (Wildman–Crippen MR) is 37.5 cm³/mol. The van der Waals surface area contributed by atoms with Crippen LogP contribution in [0.4, 0.5) is 0 Å². The second-order valence-electron chi connectivity index (χ2n) is 2.02. The van der Waals surface area contributed by atoms with E-state index in [1.807, 2.05) is 0 Å². The molecule has 0 saturated heterocycles. The molecule has 0 aromatic carbocycles. The van der Waals surface area contributed by atoms with Crippen molar-refractivity contribution < 1.29 is 4.42 Å². The zero-order valence-electron chi connectivity index (χ0n) is 5.69. The number of nitrogens with two attached hydrogens (primary N) is 1. The van der Waals surface area contributed by atoms with E-state index >= 15 is 0 Å². The summed E-state index contributed by atoms with van der Waals surface area (Å²) in [6.45, 7) is 0.288. The van der Waals surface area contributed by atoms with Gasteiger partial charge in [-0.15, -0.1) is 0 Å². The summed E-state index contributed by atoms with van der Waals surface area (Å²) in [6, 6.07) is 0. The summed E-state index contributed by atoms with van der Waals surface area (Å²) in [6.07, 6.45) is 3.00. The number of aromatic nitrogens is 3. The van der Waals surface area contributed by atoms with E-state index in [-0.39, 0.29) is 6.54 Å². The van der Waals surface area contributed by atoms with E-state index in [4.69, 9.17) is 10.2 Å². The summed E-state index contributed by atoms with van der Waals surface area (Å²) in [5.41, 5.74) is 6.44. The topological polar surface area (TPSA) is 77.8 Å². The molecule has 0 saturated carbocycles. The fourth-order valence-corrected chi connectivity index (χ4v) is 0.822. The van der Waals surface area contributed by atoms with Gasteiger partial charge in [-0.05, 0) is 0 Å². The van der Waals surface area contributed by atoms with Gasteiger partial charge in [-0.3, -0.25) is 0 Å². The Morgan fingerprint density at radius 2 is 2.45 bits per heavy atom. The van der Waals surface area contributed by atoms with Gasteiger partial charge in [0.15, 0.2) is 0 Å². The smallest absolute Gasteiger partial charge is 0.250 e. The Morgan fingerprint density at radius 3 is 3.18 bits per heavy atom. The maximum Gasteiger partial charge on any atom is 0.250 e. The molecule has 5 heteroatoms. The Hall–Kier alpha value is -1.49. The van der Waals surface area contributed by atoms with Gasteiger partial charge < -0.3 is 10.2 Å². The van der Waals surface area contributed by atoms with Gasteiger partial charge in [-0.25, -0.2) is 9.97 Å². The molecule has 2 rings (SSSR count). The van der Waals surface area contributed by atoms with Gasteiger partial charge in [0.1, 0.15) is 11.8 Å². The molecule has 0 atom stereocenters. The summed E-state index contributed by atoms with van der Waals surface area (Å²) >= 11 is 0. The fourth-order valence-electron chi connectivity index (χ4n) is 0.822. The van der Waals surface area contributed by atoms with Crippen molar-refractivity contribution in [2.75, 3.05) is 0 Å². The summed E-state index contributed by atoms with van der Waals surface area (Å²) < 4.78 is 5.13. The van der Waals surface area contributed by atoms with E-state index in [1.165, 1.54) is 6.33 Å². The zero-order valence-corrected chi connectivity index (χ0v) is 5.69. The number of nitrogens with zero attached hydrogens (tertiary/aromatic N) is 3. The molecule has 56 valence electrons. The molecule has 2 aromatic rings. The largest absolute Gasteiger partial charge is 0.421 e. The normalized spacial score (nSPS) is 10.6. The standard InChI is InChI=1S/C6H6N4O/c7-1-5-10-4-2-8-3-9-6(4)11-5/h2-3H,1,7H2. The highest BCUT2D eigenvalue weighted by molar-refractivity contribution is 5.65. The summed E-state index contributed by atoms with van der Waals surface area (Å²) in [5, 5.41) is 0. The zero-order chi connectivity index (χ0) is 7.68. The van der Waals surface area contributed by atoms with Gasteiger partial charge in [-0.2, -0.15) is 4.98 Å². The van der Waals surface area contributed by atoms with Crippen LogP contribution in [0.1, 0.15) is 5.89 Å². The lowest BCUT2D eigenvalue weighted by Crippen LogP contribution is -1.94. The van der Waals surface area contributed by atoms with Gasteiger partial charge in [0, 0.05) is 0 Å². The third-order valence-electron chi connectivity index (χ3n) is 1.29. The maximum atomic E-state index is 5.31. The van der Waals surface area contributed by atoms with Crippen molar-refractivity contribution in [1.82, 2.24) is 15.0 Å². The minimum atomic E-state index is 0.288. The molecule has 5 nitrogen and oxygen atoms in total. The second-order valence-corrected chi connectivity index (χ2v) is 2.02. The Kier molecular flexibility index (Phi) is 1.29. The molecule has 0 bridgehead atoms. The molecule has 0 radical (unpaired) electrons. The van der Waals surface area contributed by atoms with Gasteiger partial charge in [0.2, 0.25) is 11.6 Å². The lowest BCUT2D eigenvalue weighted by molar-refractivity contribution is 0.524. The number of fused-ring (bicyclic) bond motifs is 1. The Morgan fingerprint density at radius 1 is 1.55 bits per heavy atom. The highest BCUT2D eigenvalue weighted by Crippen LogP contribution is 2.09. The van der Waals surface area contributed by atoms with Crippen molar-refractivity contribution in [3.63, 3.8) is 0 Å². The van der Waals surface area contributed by atoms with Crippen LogP contribution in [0, 0.1) is 0 Å². The van der Waals surface area contributed by atoms with Crippen molar-refractivity contribution in [2.24, 2.45) is 5.73 Å². The lowest BCUT2D eigenvalue weighted by Gasteiger charge is -1.80. The minimum Gasteiger partial charge on any atom is -0.421 e. The van der Waals surface area contributed by atoms with Crippen molar-refractivity contribution in [1.29, 1.82) is 0 Å². The Balaban J connectivity index is 2.69. The van der Waals surface area contributed by atoms with E-state index in [0.717, 1.165) is 0 Å². The van der Waals surface area contributed by atoms with E-state index in [0.29, 0.717) is 17.1 Å². The fraction of sp³-hybridized carbons (Fsp3) is 0.167. The van der Waals surface area contributed by atoms with Crippen LogP contribution in [0.3, 0.4) is 0 Å². The molecule has 2 N–H and O–H groups in total. The molecule has 0 aliphatic heterocycles. The summed E-state index contributed by atoms with van der Waals surface area (Å²) in [5.74, 6) is 0.487. The molecule has 2 aromatic heterocycles. The van der Waals surface area contributed by atoms with Crippen molar-refractivity contribution in [2.45, 2.75) is 6.54 Å². The highest BCUT2D eigenvalue weighted by atomic mass is 16.4. The second kappa shape index (κ2) is 2.28. The summed E-state index contributed by atoms with van der Waals surface area (Å²) in [4.78, 5) is 11.7. The first-order valence-electron chi connectivity index (χ1n) is 3.15. The molecule has 0 aliphatic rings. The van der Waals surface area contributed by atoms with Crippen LogP contribution in [-0.4, -0.2) is 15.0 Å². The van der Waals surface area contributed by atoms with Crippen molar-refractivity contribution in [3.05, 3.63) is 18.4 Å². The molecule has 0 spiro atoms. The van der Waals surface area contributed by atoms with Crippen LogP contribution in [0.15, 0.2) is 16.9 Å². The number of rotatable bonds is 1. The molecular formula is C6H6N4O. The number of hydrogen-bond acceptors (Lipinski definition) is 5. The number of hydrogen-bond donors (Lipinski definition) is 1. The van der Waals surface area contributed by atoms with E-state index in [2.05, 4.69) is 15.0 Å². The van der Waals surface area contributed by atoms with Crippen LogP contribution in [-0.2, 0) is 6.54 Å². The predicted octanol–water partition coefficient (Wildman–Crippen LogP) is 0.0765. The molecule has 0 fully saturated rings. The molecular weight excluding hydrogens is 144 g/mol. The van der Waals surface area contributed by atoms with E-state index < -0.39 is 0 Å². The van der Waals surface area contributed by atoms with Crippen LogP contribution in [0.5, 0.6) is 0 Å². The van der Waals surface area contributed by atoms with Crippen LogP contribution >= 0.6 is 0 Å². The van der Waals surface area contributed by atoms with Gasteiger partial charge >= 0.3 is 0 Å². The molecule has 0 unspecified atom stereocenters. The molecule has 0 amide bonds. The van der Waals surface area contributed by atoms with Crippen LogP contribution < -0.4 is 5.73 Å². The minimum absolute atomic E-state index is 0.288. The van der Waals surface area contributed by atoms with Crippen molar-refractivity contribution >= 4 is 11.2 Å². The SMILES string of the molecule is NCc1nc2cncnc2o1.